The standard InChI is InChI=1S/C17H13N3O3/c1-20-15(11-7-3-2-4-8-11)18-19-16(20)14(21)12-9-5-6-10-13(12)17(22)23/h2-10H,1H3,(H,22,23). The number of hydrogen-bond donors (Lipinski definition) is 1. The average molecular weight is 307 g/mol. The van der Waals surface area contributed by atoms with E-state index in [9.17, 15) is 14.7 Å². The molecule has 23 heavy (non-hydrogen) atoms. The second-order valence-electron chi connectivity index (χ2n) is 4.95. The summed E-state index contributed by atoms with van der Waals surface area (Å²) >= 11 is 0. The minimum Gasteiger partial charge on any atom is -0.478 e. The van der Waals surface area contributed by atoms with Crippen LogP contribution in [0.2, 0.25) is 0 Å². The van der Waals surface area contributed by atoms with E-state index in [4.69, 9.17) is 0 Å². The first kappa shape index (κ1) is 14.6. The van der Waals surface area contributed by atoms with Crippen LogP contribution in [0.1, 0.15) is 26.5 Å². The monoisotopic (exact) mass is 307 g/mol. The van der Waals surface area contributed by atoms with E-state index in [0.29, 0.717) is 5.82 Å². The molecule has 6 nitrogen and oxygen atoms in total. The lowest BCUT2D eigenvalue weighted by Crippen LogP contribution is -2.14. The summed E-state index contributed by atoms with van der Waals surface area (Å²) < 4.78 is 1.57. The van der Waals surface area contributed by atoms with Crippen LogP contribution in [0, 0.1) is 0 Å². The van der Waals surface area contributed by atoms with Gasteiger partial charge in [0.1, 0.15) is 0 Å². The van der Waals surface area contributed by atoms with Crippen LogP contribution in [0.5, 0.6) is 0 Å². The number of nitrogens with zero attached hydrogens (tertiary/aromatic N) is 3. The van der Waals surface area contributed by atoms with Gasteiger partial charge in [-0.05, 0) is 6.07 Å². The highest BCUT2D eigenvalue weighted by Gasteiger charge is 2.23. The predicted molar refractivity (Wildman–Crippen MR) is 83.3 cm³/mol. The Labute approximate surface area is 132 Å². The van der Waals surface area contributed by atoms with E-state index in [2.05, 4.69) is 10.2 Å². The molecule has 0 fully saturated rings. The van der Waals surface area contributed by atoms with Crippen molar-refractivity contribution in [2.75, 3.05) is 0 Å². The van der Waals surface area contributed by atoms with Gasteiger partial charge >= 0.3 is 5.97 Å². The van der Waals surface area contributed by atoms with E-state index in [1.807, 2.05) is 30.3 Å². The number of carbonyl (C=O) groups is 2. The van der Waals surface area contributed by atoms with Crippen LogP contribution in [-0.2, 0) is 7.05 Å². The molecule has 0 spiro atoms. The smallest absolute Gasteiger partial charge is 0.336 e. The third-order valence-corrected chi connectivity index (χ3v) is 3.51. The lowest BCUT2D eigenvalue weighted by Gasteiger charge is -2.06. The van der Waals surface area contributed by atoms with Gasteiger partial charge in [0.25, 0.3) is 0 Å². The molecule has 2 aromatic carbocycles. The number of carboxylic acid groups (broad SMARTS) is 1. The average Bonchev–Trinajstić information content (AvgIpc) is 2.96. The third kappa shape index (κ3) is 2.62. The van der Waals surface area contributed by atoms with Gasteiger partial charge in [0.05, 0.1) is 5.56 Å². The molecule has 1 N–H and O–H groups in total. The van der Waals surface area contributed by atoms with Gasteiger partial charge in [0, 0.05) is 18.2 Å². The van der Waals surface area contributed by atoms with Crippen LogP contribution in [-0.4, -0.2) is 31.6 Å². The van der Waals surface area contributed by atoms with Gasteiger partial charge in [0.15, 0.2) is 5.82 Å². The number of ketones is 1. The van der Waals surface area contributed by atoms with Gasteiger partial charge in [-0.1, -0.05) is 48.5 Å². The molecule has 6 heteroatoms. The zero-order chi connectivity index (χ0) is 16.4. The van der Waals surface area contributed by atoms with E-state index in [1.54, 1.807) is 23.7 Å². The quantitative estimate of drug-likeness (QED) is 0.748. The Hall–Kier alpha value is -3.28. The van der Waals surface area contributed by atoms with Gasteiger partial charge in [0.2, 0.25) is 11.6 Å². The lowest BCUT2D eigenvalue weighted by molar-refractivity contribution is 0.0692. The van der Waals surface area contributed by atoms with E-state index >= 15 is 0 Å². The topological polar surface area (TPSA) is 85.1 Å². The predicted octanol–water partition coefficient (Wildman–Crippen LogP) is 2.41. The molecular formula is C17H13N3O3. The van der Waals surface area contributed by atoms with Crippen molar-refractivity contribution < 1.29 is 14.7 Å². The molecule has 0 atom stereocenters. The van der Waals surface area contributed by atoms with Gasteiger partial charge in [-0.15, -0.1) is 10.2 Å². The maximum atomic E-state index is 12.7. The Morgan fingerprint density at radius 3 is 2.17 bits per heavy atom. The summed E-state index contributed by atoms with van der Waals surface area (Å²) in [5.74, 6) is -0.987. The Balaban J connectivity index is 2.06. The van der Waals surface area contributed by atoms with Gasteiger partial charge in [-0.25, -0.2) is 4.79 Å². The van der Waals surface area contributed by atoms with E-state index in [1.165, 1.54) is 12.1 Å². The Bertz CT molecular complexity index is 885. The Morgan fingerprint density at radius 2 is 1.52 bits per heavy atom. The van der Waals surface area contributed by atoms with Crippen LogP contribution >= 0.6 is 0 Å². The van der Waals surface area contributed by atoms with Crippen molar-refractivity contribution in [2.24, 2.45) is 7.05 Å². The van der Waals surface area contributed by atoms with Crippen LogP contribution in [0.4, 0.5) is 0 Å². The number of carboxylic acids is 1. The minimum atomic E-state index is -1.15. The van der Waals surface area contributed by atoms with Gasteiger partial charge in [-0.2, -0.15) is 0 Å². The SMILES string of the molecule is Cn1c(C(=O)c2ccccc2C(=O)O)nnc1-c1ccccc1. The molecule has 0 amide bonds. The Kier molecular flexibility index (Phi) is 3.72. The van der Waals surface area contributed by atoms with E-state index in [0.717, 1.165) is 5.56 Å². The van der Waals surface area contributed by atoms with Crippen molar-refractivity contribution in [3.8, 4) is 11.4 Å². The molecule has 114 valence electrons. The zero-order valence-corrected chi connectivity index (χ0v) is 12.3. The molecule has 3 rings (SSSR count). The largest absolute Gasteiger partial charge is 0.478 e. The van der Waals surface area contributed by atoms with E-state index in [-0.39, 0.29) is 17.0 Å². The molecule has 0 aliphatic rings. The highest BCUT2D eigenvalue weighted by Crippen LogP contribution is 2.19. The van der Waals surface area contributed by atoms with Gasteiger partial charge < -0.3 is 9.67 Å². The molecule has 0 saturated carbocycles. The summed E-state index contributed by atoms with van der Waals surface area (Å²) in [6.07, 6.45) is 0. The molecule has 0 aliphatic heterocycles. The van der Waals surface area contributed by atoms with Crippen LogP contribution in [0.25, 0.3) is 11.4 Å². The first-order valence-electron chi connectivity index (χ1n) is 6.91. The van der Waals surface area contributed by atoms with Crippen molar-refractivity contribution in [3.05, 3.63) is 71.5 Å². The number of carbonyl (C=O) groups excluding carboxylic acids is 1. The van der Waals surface area contributed by atoms with Crippen molar-refractivity contribution in [1.82, 2.24) is 14.8 Å². The number of hydrogen-bond acceptors (Lipinski definition) is 4. The van der Waals surface area contributed by atoms with E-state index < -0.39 is 11.8 Å². The molecular weight excluding hydrogens is 294 g/mol. The number of rotatable bonds is 4. The number of aromatic carboxylic acids is 1. The molecule has 0 aliphatic carbocycles. The fourth-order valence-electron chi connectivity index (χ4n) is 2.35. The van der Waals surface area contributed by atoms with Crippen molar-refractivity contribution in [3.63, 3.8) is 0 Å². The lowest BCUT2D eigenvalue weighted by atomic mass is 10.0. The molecule has 0 unspecified atom stereocenters. The summed E-state index contributed by atoms with van der Waals surface area (Å²) in [6, 6.07) is 15.4. The molecule has 1 heterocycles. The van der Waals surface area contributed by atoms with Crippen LogP contribution < -0.4 is 0 Å². The van der Waals surface area contributed by atoms with Crippen molar-refractivity contribution in [1.29, 1.82) is 0 Å². The van der Waals surface area contributed by atoms with Crippen LogP contribution in [0.3, 0.4) is 0 Å². The maximum Gasteiger partial charge on any atom is 0.336 e. The highest BCUT2D eigenvalue weighted by molar-refractivity contribution is 6.12. The zero-order valence-electron chi connectivity index (χ0n) is 12.3. The molecule has 0 bridgehead atoms. The third-order valence-electron chi connectivity index (χ3n) is 3.51. The summed E-state index contributed by atoms with van der Waals surface area (Å²) in [6.45, 7) is 0. The normalized spacial score (nSPS) is 10.5. The molecule has 0 radical (unpaired) electrons. The summed E-state index contributed by atoms with van der Waals surface area (Å²) in [5.41, 5.74) is 0.866. The molecule has 3 aromatic rings. The second-order valence-corrected chi connectivity index (χ2v) is 4.95. The number of aromatic nitrogens is 3. The Morgan fingerprint density at radius 1 is 0.913 bits per heavy atom. The molecule has 0 saturated heterocycles. The fraction of sp³-hybridized carbons (Fsp3) is 0.0588. The second kappa shape index (κ2) is 5.84. The number of benzene rings is 2. The van der Waals surface area contributed by atoms with Gasteiger partial charge in [-0.3, -0.25) is 4.79 Å². The van der Waals surface area contributed by atoms with Crippen molar-refractivity contribution in [2.45, 2.75) is 0 Å². The summed E-state index contributed by atoms with van der Waals surface area (Å²) in [7, 11) is 1.68. The summed E-state index contributed by atoms with van der Waals surface area (Å²) in [5, 5.41) is 17.2. The first-order chi connectivity index (χ1) is 11.1. The minimum absolute atomic E-state index is 0.0539. The summed E-state index contributed by atoms with van der Waals surface area (Å²) in [4.78, 5) is 23.9. The highest BCUT2D eigenvalue weighted by atomic mass is 16.4. The fourth-order valence-corrected chi connectivity index (χ4v) is 2.35. The molecule has 1 aromatic heterocycles. The van der Waals surface area contributed by atoms with Crippen molar-refractivity contribution >= 4 is 11.8 Å². The van der Waals surface area contributed by atoms with Crippen LogP contribution in [0.15, 0.2) is 54.6 Å². The first-order valence-corrected chi connectivity index (χ1v) is 6.91. The maximum absolute atomic E-state index is 12.7.